The second kappa shape index (κ2) is 4.34. The van der Waals surface area contributed by atoms with Crippen molar-refractivity contribution in [3.05, 3.63) is 0 Å². The van der Waals surface area contributed by atoms with E-state index in [1.807, 2.05) is 0 Å². The summed E-state index contributed by atoms with van der Waals surface area (Å²) in [4.78, 5) is 22.4. The Hall–Kier alpha value is -0.810. The molecule has 3 N–H and O–H groups in total. The first-order valence-electron chi connectivity index (χ1n) is 7.14. The van der Waals surface area contributed by atoms with Crippen LogP contribution in [0.1, 0.15) is 39.0 Å². The molecule has 6 heteroatoms. The van der Waals surface area contributed by atoms with Crippen molar-refractivity contribution in [3.63, 3.8) is 0 Å². The molecule has 5 nitrogen and oxygen atoms in total. The summed E-state index contributed by atoms with van der Waals surface area (Å²) in [5.74, 6) is -1.43. The molecule has 20 heavy (non-hydrogen) atoms. The standard InChI is InChI=1S/C14H20ClNO4/c1-7(17)16-11(12(18)19)10-9-2-8-3-13(15,5-9)6-14(10,20)4-8/h8-11,20H,2-6H2,1H3,(H,16,17)(H,18,19)/t8-,9+,10-,11?,13+,14+/m0/s1. The van der Waals surface area contributed by atoms with Gasteiger partial charge < -0.3 is 15.5 Å². The Balaban J connectivity index is 1.93. The number of carbonyl (C=O) groups is 2. The minimum absolute atomic E-state index is 0.0756. The predicted molar refractivity (Wildman–Crippen MR) is 72.3 cm³/mol. The third-order valence-electron chi connectivity index (χ3n) is 5.30. The maximum absolute atomic E-state index is 11.5. The van der Waals surface area contributed by atoms with E-state index < -0.39 is 23.5 Å². The van der Waals surface area contributed by atoms with Gasteiger partial charge in [0.1, 0.15) is 6.04 Å². The summed E-state index contributed by atoms with van der Waals surface area (Å²) >= 11 is 6.58. The first kappa shape index (κ1) is 14.1. The highest BCUT2D eigenvalue weighted by Crippen LogP contribution is 2.63. The van der Waals surface area contributed by atoms with Gasteiger partial charge in [0, 0.05) is 17.7 Å². The highest BCUT2D eigenvalue weighted by molar-refractivity contribution is 6.24. The zero-order chi connectivity index (χ0) is 14.7. The lowest BCUT2D eigenvalue weighted by Gasteiger charge is -2.62. The molecule has 4 rings (SSSR count). The van der Waals surface area contributed by atoms with Crippen molar-refractivity contribution in [3.8, 4) is 0 Å². The van der Waals surface area contributed by atoms with E-state index in [0.29, 0.717) is 18.8 Å². The van der Waals surface area contributed by atoms with Crippen molar-refractivity contribution >= 4 is 23.5 Å². The third-order valence-corrected chi connectivity index (χ3v) is 5.74. The van der Waals surface area contributed by atoms with Gasteiger partial charge in [-0.2, -0.15) is 0 Å². The topological polar surface area (TPSA) is 86.6 Å². The van der Waals surface area contributed by atoms with Gasteiger partial charge in [-0.3, -0.25) is 4.79 Å². The largest absolute Gasteiger partial charge is 0.480 e. The molecule has 4 bridgehead atoms. The molecule has 0 aromatic rings. The Morgan fingerprint density at radius 1 is 1.35 bits per heavy atom. The average molecular weight is 302 g/mol. The summed E-state index contributed by atoms with van der Waals surface area (Å²) in [6.07, 6.45) is 3.60. The van der Waals surface area contributed by atoms with E-state index in [9.17, 15) is 19.8 Å². The molecule has 0 heterocycles. The average Bonchev–Trinajstić information content (AvgIpc) is 2.22. The minimum atomic E-state index is -1.07. The fraction of sp³-hybridized carbons (Fsp3) is 0.857. The molecule has 4 aliphatic carbocycles. The van der Waals surface area contributed by atoms with Crippen molar-refractivity contribution in [1.82, 2.24) is 5.32 Å². The molecular formula is C14H20ClNO4. The molecule has 1 amide bonds. The van der Waals surface area contributed by atoms with Crippen LogP contribution in [0.2, 0.25) is 0 Å². The third kappa shape index (κ3) is 2.11. The van der Waals surface area contributed by atoms with E-state index in [-0.39, 0.29) is 16.7 Å². The lowest BCUT2D eigenvalue weighted by molar-refractivity contribution is -0.184. The molecule has 4 fully saturated rings. The van der Waals surface area contributed by atoms with E-state index in [4.69, 9.17) is 11.6 Å². The van der Waals surface area contributed by atoms with Gasteiger partial charge in [-0.25, -0.2) is 4.79 Å². The summed E-state index contributed by atoms with van der Waals surface area (Å²) in [7, 11) is 0. The van der Waals surface area contributed by atoms with Crippen LogP contribution in [0.15, 0.2) is 0 Å². The Kier molecular flexibility index (Phi) is 3.07. The summed E-state index contributed by atoms with van der Waals surface area (Å²) in [5.41, 5.74) is -1.06. The smallest absolute Gasteiger partial charge is 0.326 e. The van der Waals surface area contributed by atoms with Crippen molar-refractivity contribution < 1.29 is 19.8 Å². The van der Waals surface area contributed by atoms with E-state index in [2.05, 4.69) is 5.32 Å². The molecule has 0 aromatic carbocycles. The van der Waals surface area contributed by atoms with Crippen LogP contribution in [0.5, 0.6) is 0 Å². The summed E-state index contributed by atoms with van der Waals surface area (Å²) in [6, 6.07) is -1.03. The number of halogens is 1. The quantitative estimate of drug-likeness (QED) is 0.682. The van der Waals surface area contributed by atoms with Crippen molar-refractivity contribution in [2.45, 2.75) is 55.5 Å². The number of aliphatic hydroxyl groups is 1. The van der Waals surface area contributed by atoms with Gasteiger partial charge in [-0.1, -0.05) is 0 Å². The molecule has 112 valence electrons. The summed E-state index contributed by atoms with van der Waals surface area (Å²) in [5, 5.41) is 22.9. The zero-order valence-corrected chi connectivity index (χ0v) is 12.2. The van der Waals surface area contributed by atoms with Crippen molar-refractivity contribution in [2.75, 3.05) is 0 Å². The van der Waals surface area contributed by atoms with Crippen LogP contribution in [-0.4, -0.2) is 38.6 Å². The molecule has 4 aliphatic rings. The van der Waals surface area contributed by atoms with Crippen LogP contribution < -0.4 is 5.32 Å². The maximum Gasteiger partial charge on any atom is 0.326 e. The fourth-order valence-corrected chi connectivity index (χ4v) is 5.81. The van der Waals surface area contributed by atoms with Gasteiger partial charge in [0.15, 0.2) is 0 Å². The highest BCUT2D eigenvalue weighted by Gasteiger charge is 2.64. The maximum atomic E-state index is 11.5. The van der Waals surface area contributed by atoms with Crippen LogP contribution in [0.3, 0.4) is 0 Å². The Morgan fingerprint density at radius 2 is 2.05 bits per heavy atom. The number of nitrogens with one attached hydrogen (secondary N) is 1. The van der Waals surface area contributed by atoms with Gasteiger partial charge in [0.05, 0.1) is 5.60 Å². The second-order valence-electron chi connectivity index (χ2n) is 6.95. The molecule has 0 aromatic heterocycles. The van der Waals surface area contributed by atoms with Crippen LogP contribution in [0, 0.1) is 17.8 Å². The minimum Gasteiger partial charge on any atom is -0.480 e. The number of carboxylic acid groups (broad SMARTS) is 1. The van der Waals surface area contributed by atoms with Gasteiger partial charge in [0.2, 0.25) is 5.91 Å². The van der Waals surface area contributed by atoms with Crippen molar-refractivity contribution in [1.29, 1.82) is 0 Å². The molecule has 0 saturated heterocycles. The molecular weight excluding hydrogens is 282 g/mol. The summed E-state index contributed by atoms with van der Waals surface area (Å²) < 4.78 is 0. The van der Waals surface area contributed by atoms with E-state index >= 15 is 0 Å². The van der Waals surface area contributed by atoms with Crippen LogP contribution >= 0.6 is 11.6 Å². The number of amides is 1. The molecule has 0 spiro atoms. The number of alkyl halides is 1. The zero-order valence-electron chi connectivity index (χ0n) is 11.4. The number of carboxylic acids is 1. The van der Waals surface area contributed by atoms with Gasteiger partial charge >= 0.3 is 5.97 Å². The Labute approximate surface area is 122 Å². The van der Waals surface area contributed by atoms with E-state index in [1.54, 1.807) is 0 Å². The number of hydrogen-bond acceptors (Lipinski definition) is 3. The van der Waals surface area contributed by atoms with Crippen LogP contribution in [0.25, 0.3) is 0 Å². The number of aliphatic carboxylic acids is 1. The monoisotopic (exact) mass is 301 g/mol. The van der Waals surface area contributed by atoms with Crippen LogP contribution in [-0.2, 0) is 9.59 Å². The first-order valence-corrected chi connectivity index (χ1v) is 7.51. The lowest BCUT2D eigenvalue weighted by atomic mass is 9.48. The van der Waals surface area contributed by atoms with Crippen LogP contribution in [0.4, 0.5) is 0 Å². The van der Waals surface area contributed by atoms with Crippen molar-refractivity contribution in [2.24, 2.45) is 17.8 Å². The second-order valence-corrected chi connectivity index (χ2v) is 7.75. The Bertz CT molecular complexity index is 470. The number of rotatable bonds is 3. The number of carbonyl (C=O) groups excluding carboxylic acids is 1. The molecule has 4 saturated carbocycles. The lowest BCUT2D eigenvalue weighted by Crippen LogP contribution is -2.68. The molecule has 6 atom stereocenters. The van der Waals surface area contributed by atoms with Gasteiger partial charge in [0.25, 0.3) is 0 Å². The van der Waals surface area contributed by atoms with Gasteiger partial charge in [-0.15, -0.1) is 11.6 Å². The molecule has 1 unspecified atom stereocenters. The van der Waals surface area contributed by atoms with E-state index in [0.717, 1.165) is 19.3 Å². The Morgan fingerprint density at radius 3 is 2.55 bits per heavy atom. The summed E-state index contributed by atoms with van der Waals surface area (Å²) in [6.45, 7) is 1.30. The predicted octanol–water partition coefficient (Wildman–Crippen LogP) is 1.12. The molecule has 0 radical (unpaired) electrons. The SMILES string of the molecule is CC(=O)NC(C(=O)O)[C@@H]1[C@@H]2C[C@H]3C[C@@](Cl)(C2)C[C@]1(O)C3. The number of hydrogen-bond donors (Lipinski definition) is 3. The fourth-order valence-electron chi connectivity index (χ4n) is 5.16. The molecule has 0 aliphatic heterocycles. The van der Waals surface area contributed by atoms with E-state index in [1.165, 1.54) is 6.92 Å². The van der Waals surface area contributed by atoms with Gasteiger partial charge in [-0.05, 0) is 43.9 Å². The normalized spacial score (nSPS) is 47.0. The highest BCUT2D eigenvalue weighted by atomic mass is 35.5. The first-order chi connectivity index (χ1) is 9.22.